The molecule has 0 bridgehead atoms. The first-order valence-corrected chi connectivity index (χ1v) is 18.5. The van der Waals surface area contributed by atoms with Crippen LogP contribution in [0, 0.1) is 6.92 Å². The summed E-state index contributed by atoms with van der Waals surface area (Å²) in [6.45, 7) is 2.16. The summed E-state index contributed by atoms with van der Waals surface area (Å²) < 4.78 is 2.26. The van der Waals surface area contributed by atoms with Crippen molar-refractivity contribution in [1.29, 1.82) is 0 Å². The van der Waals surface area contributed by atoms with Crippen LogP contribution in [0.15, 0.2) is 170 Å². The zero-order valence-corrected chi connectivity index (χ0v) is 29.8. The van der Waals surface area contributed by atoms with Crippen LogP contribution < -0.4 is 0 Å². The van der Waals surface area contributed by atoms with Crippen molar-refractivity contribution in [3.63, 3.8) is 0 Å². The molecule has 0 spiro atoms. The SMILES string of the molecule is Cc1cccc2c(-c3cc(-c4ccc(-c5nc6ccccc6n5-c5ccccc5)c5ccccc45)nc(C4=CC=CCCC=C4)n3)cc3cccnc3c12. The Bertz CT molecular complexity index is 3000. The molecule has 0 fully saturated rings. The first kappa shape index (κ1) is 31.7. The second-order valence-corrected chi connectivity index (χ2v) is 13.8. The third-order valence-corrected chi connectivity index (χ3v) is 10.4. The van der Waals surface area contributed by atoms with Gasteiger partial charge in [0.1, 0.15) is 5.82 Å². The fraction of sp³-hybridized carbons (Fsp3) is 0.0612. The van der Waals surface area contributed by atoms with E-state index in [-0.39, 0.29) is 0 Å². The fourth-order valence-corrected chi connectivity index (χ4v) is 7.88. The molecule has 54 heavy (non-hydrogen) atoms. The Hall–Kier alpha value is -6.98. The predicted molar refractivity (Wildman–Crippen MR) is 224 cm³/mol. The largest absolute Gasteiger partial charge is 0.292 e. The number of nitrogens with zero attached hydrogens (tertiary/aromatic N) is 5. The number of aryl methyl sites for hydroxylation is 1. The zero-order chi connectivity index (χ0) is 36.0. The summed E-state index contributed by atoms with van der Waals surface area (Å²) in [6, 6.07) is 46.9. The molecule has 9 aromatic rings. The molecule has 0 amide bonds. The molecule has 10 rings (SSSR count). The van der Waals surface area contributed by atoms with Crippen molar-refractivity contribution in [3.05, 3.63) is 181 Å². The number of hydrogen-bond donors (Lipinski definition) is 0. The van der Waals surface area contributed by atoms with Crippen molar-refractivity contribution in [2.75, 3.05) is 0 Å². The molecular formula is C49H35N5. The minimum Gasteiger partial charge on any atom is -0.292 e. The van der Waals surface area contributed by atoms with Gasteiger partial charge in [0.2, 0.25) is 0 Å². The predicted octanol–water partition coefficient (Wildman–Crippen LogP) is 12.3. The standard InChI is InChI=1S/C49H35N5/c1-32-16-14-24-39-41(30-34-19-15-29-50-47(34)46(32)39)44-31-43(51-48(52-44)33-17-6-3-2-4-7-18-33)38-27-28-40(37-23-11-10-22-36(37)38)49-53-42-25-12-13-26-45(42)54(49)35-20-8-5-9-21-35/h3,5-31H,2,4H2,1H3. The lowest BCUT2D eigenvalue weighted by Crippen LogP contribution is -2.01. The van der Waals surface area contributed by atoms with Crippen molar-refractivity contribution in [3.8, 4) is 39.6 Å². The van der Waals surface area contributed by atoms with Gasteiger partial charge in [-0.2, -0.15) is 0 Å². The van der Waals surface area contributed by atoms with Crippen LogP contribution in [0.4, 0.5) is 0 Å². The number of aromatic nitrogens is 5. The van der Waals surface area contributed by atoms with E-state index >= 15 is 0 Å². The Morgan fingerprint density at radius 3 is 2.22 bits per heavy atom. The third kappa shape index (κ3) is 5.41. The van der Waals surface area contributed by atoms with Crippen LogP contribution in [0.5, 0.6) is 0 Å². The van der Waals surface area contributed by atoms with Crippen LogP contribution in [0.1, 0.15) is 24.2 Å². The molecule has 1 aliphatic carbocycles. The highest BCUT2D eigenvalue weighted by Crippen LogP contribution is 2.40. The smallest absolute Gasteiger partial charge is 0.160 e. The topological polar surface area (TPSA) is 56.5 Å². The molecule has 256 valence electrons. The van der Waals surface area contributed by atoms with Crippen LogP contribution >= 0.6 is 0 Å². The summed E-state index contributed by atoms with van der Waals surface area (Å²) in [6.07, 6.45) is 14.7. The molecule has 5 nitrogen and oxygen atoms in total. The van der Waals surface area contributed by atoms with Gasteiger partial charge >= 0.3 is 0 Å². The number of imidazole rings is 1. The molecule has 0 radical (unpaired) electrons. The van der Waals surface area contributed by atoms with Gasteiger partial charge in [-0.15, -0.1) is 0 Å². The van der Waals surface area contributed by atoms with Crippen molar-refractivity contribution in [2.45, 2.75) is 19.8 Å². The Kier molecular flexibility index (Phi) is 7.76. The van der Waals surface area contributed by atoms with Gasteiger partial charge in [-0.05, 0) is 90.0 Å². The second kappa shape index (κ2) is 13.2. The van der Waals surface area contributed by atoms with Crippen LogP contribution in [0.25, 0.3) is 88.6 Å². The minimum atomic E-state index is 0.691. The van der Waals surface area contributed by atoms with E-state index in [1.54, 1.807) is 0 Å². The molecule has 0 saturated heterocycles. The number of para-hydroxylation sites is 3. The highest BCUT2D eigenvalue weighted by Gasteiger charge is 2.20. The summed E-state index contributed by atoms with van der Waals surface area (Å²) in [5, 5.41) is 5.56. The van der Waals surface area contributed by atoms with E-state index in [9.17, 15) is 0 Å². The highest BCUT2D eigenvalue weighted by atomic mass is 15.1. The van der Waals surface area contributed by atoms with Crippen LogP contribution in [0.3, 0.4) is 0 Å². The van der Waals surface area contributed by atoms with Crippen LogP contribution in [0.2, 0.25) is 0 Å². The van der Waals surface area contributed by atoms with Crippen LogP contribution in [-0.2, 0) is 0 Å². The Morgan fingerprint density at radius 1 is 0.593 bits per heavy atom. The normalized spacial score (nSPS) is 13.1. The molecule has 0 atom stereocenters. The number of pyridine rings is 1. The van der Waals surface area contributed by atoms with Gasteiger partial charge in [0.25, 0.3) is 0 Å². The van der Waals surface area contributed by atoms with Gasteiger partial charge in [0, 0.05) is 44.9 Å². The Balaban J connectivity index is 1.23. The number of allylic oxidation sites excluding steroid dienone is 6. The molecule has 6 aromatic carbocycles. The Morgan fingerprint density at radius 2 is 1.33 bits per heavy atom. The number of hydrogen-bond acceptors (Lipinski definition) is 4. The van der Waals surface area contributed by atoms with Gasteiger partial charge < -0.3 is 0 Å². The highest BCUT2D eigenvalue weighted by molar-refractivity contribution is 6.13. The lowest BCUT2D eigenvalue weighted by atomic mass is 9.93. The summed E-state index contributed by atoms with van der Waals surface area (Å²) in [4.78, 5) is 20.7. The van der Waals surface area contributed by atoms with E-state index in [1.165, 1.54) is 5.56 Å². The van der Waals surface area contributed by atoms with Gasteiger partial charge in [0.15, 0.2) is 5.82 Å². The summed E-state index contributed by atoms with van der Waals surface area (Å²) in [5.41, 5.74) is 11.2. The van der Waals surface area contributed by atoms with E-state index in [2.05, 4.69) is 157 Å². The first-order valence-electron chi connectivity index (χ1n) is 18.5. The molecule has 0 unspecified atom stereocenters. The van der Waals surface area contributed by atoms with Gasteiger partial charge in [-0.1, -0.05) is 115 Å². The van der Waals surface area contributed by atoms with Crippen LogP contribution in [-0.4, -0.2) is 24.5 Å². The average molecular weight is 694 g/mol. The Labute approximate surface area is 313 Å². The molecule has 3 aromatic heterocycles. The second-order valence-electron chi connectivity index (χ2n) is 13.8. The molecule has 3 heterocycles. The zero-order valence-electron chi connectivity index (χ0n) is 29.8. The number of fused-ring (bicyclic) bond motifs is 5. The first-order chi connectivity index (χ1) is 26.7. The summed E-state index contributed by atoms with van der Waals surface area (Å²) in [7, 11) is 0. The van der Waals surface area contributed by atoms with E-state index < -0.39 is 0 Å². The maximum absolute atomic E-state index is 5.34. The van der Waals surface area contributed by atoms with Gasteiger partial charge in [0.05, 0.1) is 27.9 Å². The van der Waals surface area contributed by atoms with Crippen molar-refractivity contribution in [1.82, 2.24) is 24.5 Å². The van der Waals surface area contributed by atoms with Gasteiger partial charge in [-0.3, -0.25) is 9.55 Å². The molecule has 0 saturated carbocycles. The average Bonchev–Trinajstić information content (AvgIpc) is 3.60. The molecule has 5 heteroatoms. The number of benzene rings is 6. The van der Waals surface area contributed by atoms with Gasteiger partial charge in [-0.25, -0.2) is 15.0 Å². The summed E-state index contributed by atoms with van der Waals surface area (Å²) >= 11 is 0. The fourth-order valence-electron chi connectivity index (χ4n) is 7.88. The maximum Gasteiger partial charge on any atom is 0.160 e. The lowest BCUT2D eigenvalue weighted by molar-refractivity contribution is 1.05. The third-order valence-electron chi connectivity index (χ3n) is 10.4. The maximum atomic E-state index is 5.34. The molecular weight excluding hydrogens is 659 g/mol. The van der Waals surface area contributed by atoms with E-state index in [0.717, 1.165) is 101 Å². The van der Waals surface area contributed by atoms with E-state index in [1.807, 2.05) is 24.4 Å². The number of rotatable bonds is 5. The summed E-state index contributed by atoms with van der Waals surface area (Å²) in [5.74, 6) is 1.59. The molecule has 0 N–H and O–H groups in total. The van der Waals surface area contributed by atoms with E-state index in [0.29, 0.717) is 5.82 Å². The van der Waals surface area contributed by atoms with Crippen molar-refractivity contribution in [2.24, 2.45) is 0 Å². The monoisotopic (exact) mass is 693 g/mol. The molecule has 1 aliphatic rings. The van der Waals surface area contributed by atoms with E-state index in [4.69, 9.17) is 19.9 Å². The van der Waals surface area contributed by atoms with Crippen molar-refractivity contribution < 1.29 is 0 Å². The quantitative estimate of drug-likeness (QED) is 0.168. The van der Waals surface area contributed by atoms with Crippen molar-refractivity contribution >= 4 is 49.1 Å². The molecule has 0 aliphatic heterocycles. The minimum absolute atomic E-state index is 0.691. The lowest BCUT2D eigenvalue weighted by Gasteiger charge is -2.16.